The van der Waals surface area contributed by atoms with E-state index in [0.29, 0.717) is 18.8 Å². The van der Waals surface area contributed by atoms with E-state index in [2.05, 4.69) is 20.3 Å². The second kappa shape index (κ2) is 9.62. The summed E-state index contributed by atoms with van der Waals surface area (Å²) in [5, 5.41) is 7.17. The number of hydrogen-bond donors (Lipinski definition) is 1. The Morgan fingerprint density at radius 3 is 2.86 bits per heavy atom. The minimum atomic E-state index is -0.121. The Balaban J connectivity index is 1.66. The van der Waals surface area contributed by atoms with Crippen molar-refractivity contribution in [3.8, 4) is 0 Å². The number of nitrogens with zero attached hydrogens (tertiary/aromatic N) is 5. The summed E-state index contributed by atoms with van der Waals surface area (Å²) in [5.74, 6) is -0.174. The molecule has 2 atom stereocenters. The summed E-state index contributed by atoms with van der Waals surface area (Å²) in [7, 11) is 3.43. The summed E-state index contributed by atoms with van der Waals surface area (Å²) < 4.78 is 7.60. The van der Waals surface area contributed by atoms with Crippen LogP contribution in [0, 0.1) is 0 Å². The van der Waals surface area contributed by atoms with E-state index >= 15 is 0 Å². The average Bonchev–Trinajstić information content (AvgIpc) is 3.29. The predicted octanol–water partition coefficient (Wildman–Crippen LogP) is 1.16. The van der Waals surface area contributed by atoms with E-state index in [1.54, 1.807) is 26.5 Å². The van der Waals surface area contributed by atoms with E-state index in [-0.39, 0.29) is 30.5 Å². The van der Waals surface area contributed by atoms with Crippen LogP contribution in [0.4, 0.5) is 5.69 Å². The standard InChI is InChI=1S/C20H28N6O3/c1-15(27)23-17-9-22-26(11-17)18-8-19(13-29-14-20(28)24(2)3)25(12-18)10-16-6-4-5-7-21-16/h4-7,9,11,18-19H,8,10,12-14H2,1-3H3,(H,23,27)/t18-,19-/m0/s1. The molecule has 0 aromatic carbocycles. The maximum atomic E-state index is 11.8. The van der Waals surface area contributed by atoms with Crippen LogP contribution in [0.3, 0.4) is 0 Å². The molecule has 0 bridgehead atoms. The van der Waals surface area contributed by atoms with Gasteiger partial charge in [0.25, 0.3) is 0 Å². The molecule has 2 aromatic rings. The van der Waals surface area contributed by atoms with E-state index in [0.717, 1.165) is 18.7 Å². The van der Waals surface area contributed by atoms with Gasteiger partial charge in [-0.25, -0.2) is 0 Å². The molecule has 2 aromatic heterocycles. The van der Waals surface area contributed by atoms with Crippen LogP contribution in [0.1, 0.15) is 25.1 Å². The first-order chi connectivity index (χ1) is 13.9. The zero-order chi connectivity index (χ0) is 20.8. The van der Waals surface area contributed by atoms with Crippen LogP contribution in [-0.4, -0.2) is 76.3 Å². The highest BCUT2D eigenvalue weighted by molar-refractivity contribution is 5.88. The monoisotopic (exact) mass is 400 g/mol. The first-order valence-corrected chi connectivity index (χ1v) is 9.66. The maximum absolute atomic E-state index is 11.8. The summed E-state index contributed by atoms with van der Waals surface area (Å²) in [6.07, 6.45) is 6.13. The summed E-state index contributed by atoms with van der Waals surface area (Å²) >= 11 is 0. The number of carbonyl (C=O) groups excluding carboxylic acids is 2. The quantitative estimate of drug-likeness (QED) is 0.715. The van der Waals surface area contributed by atoms with E-state index < -0.39 is 0 Å². The molecule has 1 aliphatic rings. The number of anilines is 1. The molecule has 1 N–H and O–H groups in total. The third-order valence-corrected chi connectivity index (χ3v) is 4.93. The highest BCUT2D eigenvalue weighted by Gasteiger charge is 2.34. The van der Waals surface area contributed by atoms with Gasteiger partial charge in [-0.3, -0.25) is 24.2 Å². The molecule has 1 fully saturated rings. The van der Waals surface area contributed by atoms with Crippen LogP contribution < -0.4 is 5.32 Å². The molecule has 0 spiro atoms. The molecule has 156 valence electrons. The molecule has 9 heteroatoms. The van der Waals surface area contributed by atoms with Crippen molar-refractivity contribution in [2.75, 3.05) is 39.2 Å². The number of nitrogens with one attached hydrogen (secondary N) is 1. The van der Waals surface area contributed by atoms with Gasteiger partial charge >= 0.3 is 0 Å². The lowest BCUT2D eigenvalue weighted by Gasteiger charge is -2.23. The number of aromatic nitrogens is 3. The second-order valence-electron chi connectivity index (χ2n) is 7.49. The normalized spacial score (nSPS) is 19.3. The Bertz CT molecular complexity index is 823. The Morgan fingerprint density at radius 1 is 1.34 bits per heavy atom. The number of likely N-dealkylation sites (tertiary alicyclic amines) is 1. The minimum Gasteiger partial charge on any atom is -0.370 e. The minimum absolute atomic E-state index is 0.0529. The Hall–Kier alpha value is -2.78. The van der Waals surface area contributed by atoms with Crippen molar-refractivity contribution < 1.29 is 14.3 Å². The van der Waals surface area contributed by atoms with E-state index in [1.165, 1.54) is 11.8 Å². The Kier molecular flexibility index (Phi) is 6.95. The lowest BCUT2D eigenvalue weighted by molar-refractivity contribution is -0.134. The average molecular weight is 400 g/mol. The first kappa shape index (κ1) is 20.9. The van der Waals surface area contributed by atoms with Gasteiger partial charge in [0.2, 0.25) is 11.8 Å². The van der Waals surface area contributed by atoms with Gasteiger partial charge in [-0.1, -0.05) is 6.07 Å². The van der Waals surface area contributed by atoms with E-state index in [4.69, 9.17) is 4.74 Å². The van der Waals surface area contributed by atoms with Gasteiger partial charge in [-0.15, -0.1) is 0 Å². The zero-order valence-corrected chi connectivity index (χ0v) is 17.1. The summed E-state index contributed by atoms with van der Waals surface area (Å²) in [4.78, 5) is 31.3. The molecule has 0 aliphatic carbocycles. The molecular formula is C20H28N6O3. The van der Waals surface area contributed by atoms with Gasteiger partial charge in [-0.05, 0) is 18.6 Å². The van der Waals surface area contributed by atoms with Gasteiger partial charge in [0.15, 0.2) is 0 Å². The van der Waals surface area contributed by atoms with Gasteiger partial charge < -0.3 is 15.0 Å². The molecule has 1 saturated heterocycles. The fraction of sp³-hybridized carbons (Fsp3) is 0.500. The SMILES string of the molecule is CC(=O)Nc1cnn([C@H]2C[C@@H](COCC(=O)N(C)C)N(Cc3ccccn3)C2)c1. The molecule has 9 nitrogen and oxygen atoms in total. The summed E-state index contributed by atoms with van der Waals surface area (Å²) in [6.45, 7) is 3.49. The topological polar surface area (TPSA) is 92.6 Å². The number of ether oxygens (including phenoxy) is 1. The molecule has 29 heavy (non-hydrogen) atoms. The van der Waals surface area contributed by atoms with Crippen molar-refractivity contribution in [3.05, 3.63) is 42.5 Å². The number of rotatable bonds is 8. The zero-order valence-electron chi connectivity index (χ0n) is 17.1. The second-order valence-corrected chi connectivity index (χ2v) is 7.49. The number of carbonyl (C=O) groups is 2. The van der Waals surface area contributed by atoms with Crippen molar-refractivity contribution in [2.45, 2.75) is 32.0 Å². The lowest BCUT2D eigenvalue weighted by atomic mass is 10.2. The largest absolute Gasteiger partial charge is 0.370 e. The van der Waals surface area contributed by atoms with E-state index in [9.17, 15) is 9.59 Å². The van der Waals surface area contributed by atoms with Crippen molar-refractivity contribution >= 4 is 17.5 Å². The van der Waals surface area contributed by atoms with E-state index in [1.807, 2.05) is 29.1 Å². The predicted molar refractivity (Wildman–Crippen MR) is 108 cm³/mol. The smallest absolute Gasteiger partial charge is 0.248 e. The van der Waals surface area contributed by atoms with Crippen molar-refractivity contribution in [1.82, 2.24) is 24.6 Å². The molecule has 0 unspecified atom stereocenters. The van der Waals surface area contributed by atoms with Gasteiger partial charge in [0.1, 0.15) is 6.61 Å². The summed E-state index contributed by atoms with van der Waals surface area (Å²) in [6, 6.07) is 6.18. The highest BCUT2D eigenvalue weighted by Crippen LogP contribution is 2.29. The number of likely N-dealkylation sites (N-methyl/N-ethyl adjacent to an activating group) is 1. The molecule has 0 radical (unpaired) electrons. The van der Waals surface area contributed by atoms with Crippen LogP contribution in [-0.2, 0) is 20.9 Å². The third-order valence-electron chi connectivity index (χ3n) is 4.93. The van der Waals surface area contributed by atoms with Gasteiger partial charge in [-0.2, -0.15) is 5.10 Å². The molecule has 3 rings (SSSR count). The van der Waals surface area contributed by atoms with Crippen LogP contribution >= 0.6 is 0 Å². The number of pyridine rings is 1. The number of hydrogen-bond acceptors (Lipinski definition) is 6. The molecular weight excluding hydrogens is 372 g/mol. The fourth-order valence-electron chi connectivity index (χ4n) is 3.43. The van der Waals surface area contributed by atoms with Crippen LogP contribution in [0.15, 0.2) is 36.8 Å². The van der Waals surface area contributed by atoms with Crippen LogP contribution in [0.5, 0.6) is 0 Å². The fourth-order valence-corrected chi connectivity index (χ4v) is 3.43. The third kappa shape index (κ3) is 5.85. The van der Waals surface area contributed by atoms with Crippen LogP contribution in [0.25, 0.3) is 0 Å². The van der Waals surface area contributed by atoms with Crippen molar-refractivity contribution in [2.24, 2.45) is 0 Å². The Morgan fingerprint density at radius 2 is 2.17 bits per heavy atom. The molecule has 2 amide bonds. The molecule has 3 heterocycles. The molecule has 0 saturated carbocycles. The van der Waals surface area contributed by atoms with Crippen molar-refractivity contribution in [1.29, 1.82) is 0 Å². The maximum Gasteiger partial charge on any atom is 0.248 e. The van der Waals surface area contributed by atoms with Crippen molar-refractivity contribution in [3.63, 3.8) is 0 Å². The highest BCUT2D eigenvalue weighted by atomic mass is 16.5. The summed E-state index contributed by atoms with van der Waals surface area (Å²) in [5.41, 5.74) is 1.67. The van der Waals surface area contributed by atoms with Crippen LogP contribution in [0.2, 0.25) is 0 Å². The number of amides is 2. The van der Waals surface area contributed by atoms with Gasteiger partial charge in [0, 0.05) is 52.5 Å². The first-order valence-electron chi connectivity index (χ1n) is 9.66. The van der Waals surface area contributed by atoms with Gasteiger partial charge in [0.05, 0.1) is 30.2 Å². The Labute approximate surface area is 170 Å². The lowest BCUT2D eigenvalue weighted by Crippen LogP contribution is -2.35. The molecule has 1 aliphatic heterocycles.